The second-order valence-electron chi connectivity index (χ2n) is 8.03. The second kappa shape index (κ2) is 5.86. The van der Waals surface area contributed by atoms with E-state index in [0.29, 0.717) is 13.1 Å². The molecule has 0 saturated carbocycles. The summed E-state index contributed by atoms with van der Waals surface area (Å²) in [5.74, 6) is 1.85. The van der Waals surface area contributed by atoms with Crippen molar-refractivity contribution in [1.29, 1.82) is 0 Å². The summed E-state index contributed by atoms with van der Waals surface area (Å²) in [6, 6.07) is 0.143. The van der Waals surface area contributed by atoms with E-state index in [-0.39, 0.29) is 17.5 Å². The van der Waals surface area contributed by atoms with E-state index >= 15 is 0 Å². The first-order valence-corrected chi connectivity index (χ1v) is 8.91. The molecule has 0 spiro atoms. The Kier molecular flexibility index (Phi) is 3.77. The SMILES string of the molecule is CC(C)(C)c1nnc2n1CCN(C(=O)NC1CCc3cn[nH]c3C1)C2. The first-order valence-electron chi connectivity index (χ1n) is 8.91. The zero-order valence-electron chi connectivity index (χ0n) is 15.0. The molecule has 2 N–H and O–H groups in total. The highest BCUT2D eigenvalue weighted by Gasteiger charge is 2.30. The summed E-state index contributed by atoms with van der Waals surface area (Å²) in [6.07, 6.45) is 4.62. The van der Waals surface area contributed by atoms with Crippen molar-refractivity contribution in [1.82, 2.24) is 35.2 Å². The first kappa shape index (κ1) is 16.1. The Hall–Kier alpha value is -2.38. The number of aromatic amines is 1. The third kappa shape index (κ3) is 3.01. The highest BCUT2D eigenvalue weighted by molar-refractivity contribution is 5.74. The summed E-state index contributed by atoms with van der Waals surface area (Å²) in [4.78, 5) is 14.5. The van der Waals surface area contributed by atoms with Gasteiger partial charge in [-0.3, -0.25) is 5.10 Å². The van der Waals surface area contributed by atoms with Crippen LogP contribution in [-0.2, 0) is 31.3 Å². The molecule has 4 rings (SSSR count). The average molecular weight is 343 g/mol. The number of nitrogens with zero attached hydrogens (tertiary/aromatic N) is 5. The molecule has 1 aliphatic heterocycles. The number of fused-ring (bicyclic) bond motifs is 2. The molecule has 0 saturated heterocycles. The van der Waals surface area contributed by atoms with Crippen LogP contribution in [0.3, 0.4) is 0 Å². The van der Waals surface area contributed by atoms with Crippen LogP contribution in [0.4, 0.5) is 4.79 Å². The van der Waals surface area contributed by atoms with E-state index in [1.165, 1.54) is 5.56 Å². The van der Waals surface area contributed by atoms with Gasteiger partial charge in [0, 0.05) is 36.7 Å². The van der Waals surface area contributed by atoms with Crippen molar-refractivity contribution in [3.63, 3.8) is 0 Å². The number of nitrogens with one attached hydrogen (secondary N) is 2. The molecule has 2 amide bonds. The Bertz CT molecular complexity index is 785. The van der Waals surface area contributed by atoms with Crippen molar-refractivity contribution in [3.8, 4) is 0 Å². The third-order valence-corrected chi connectivity index (χ3v) is 5.06. The number of rotatable bonds is 1. The normalized spacial score (nSPS) is 20.1. The average Bonchev–Trinajstić information content (AvgIpc) is 3.19. The molecule has 0 radical (unpaired) electrons. The highest BCUT2D eigenvalue weighted by Crippen LogP contribution is 2.24. The van der Waals surface area contributed by atoms with Crippen LogP contribution in [0.5, 0.6) is 0 Å². The molecule has 2 aromatic heterocycles. The maximum atomic E-state index is 12.7. The molecule has 1 atom stereocenters. The van der Waals surface area contributed by atoms with Gasteiger partial charge in [0.05, 0.1) is 12.7 Å². The number of hydrogen-bond donors (Lipinski definition) is 2. The Morgan fingerprint density at radius 3 is 2.96 bits per heavy atom. The molecule has 0 fully saturated rings. The smallest absolute Gasteiger partial charge is 0.318 e. The van der Waals surface area contributed by atoms with Crippen molar-refractivity contribution in [2.24, 2.45) is 0 Å². The standard InChI is InChI=1S/C17H25N7O/c1-17(2,3)15-22-21-14-10-23(6-7-24(14)15)16(25)19-12-5-4-11-9-18-20-13(11)8-12/h9,12H,4-8,10H2,1-3H3,(H,18,20)(H,19,25). The van der Waals surface area contributed by atoms with Crippen LogP contribution in [-0.4, -0.2) is 48.5 Å². The van der Waals surface area contributed by atoms with Gasteiger partial charge in [0.15, 0.2) is 5.82 Å². The fourth-order valence-corrected chi connectivity index (χ4v) is 3.68. The van der Waals surface area contributed by atoms with Crippen molar-refractivity contribution in [2.75, 3.05) is 6.54 Å². The van der Waals surface area contributed by atoms with E-state index < -0.39 is 0 Å². The molecule has 2 aliphatic rings. The summed E-state index contributed by atoms with van der Waals surface area (Å²) in [5.41, 5.74) is 2.37. The molecular weight excluding hydrogens is 318 g/mol. The molecule has 1 unspecified atom stereocenters. The lowest BCUT2D eigenvalue weighted by atomic mass is 9.94. The zero-order valence-corrected chi connectivity index (χ0v) is 15.0. The van der Waals surface area contributed by atoms with Crippen molar-refractivity contribution in [2.45, 2.75) is 64.6 Å². The largest absolute Gasteiger partial charge is 0.335 e. The summed E-state index contributed by atoms with van der Waals surface area (Å²) >= 11 is 0. The van der Waals surface area contributed by atoms with Crippen LogP contribution in [0.25, 0.3) is 0 Å². The van der Waals surface area contributed by atoms with Crippen molar-refractivity contribution < 1.29 is 4.79 Å². The Morgan fingerprint density at radius 1 is 1.32 bits per heavy atom. The van der Waals surface area contributed by atoms with E-state index in [9.17, 15) is 4.79 Å². The molecule has 8 heteroatoms. The van der Waals surface area contributed by atoms with E-state index in [4.69, 9.17) is 0 Å². The number of carbonyl (C=O) groups excluding carboxylic acids is 1. The quantitative estimate of drug-likeness (QED) is 0.818. The predicted molar refractivity (Wildman–Crippen MR) is 92.1 cm³/mol. The van der Waals surface area contributed by atoms with E-state index in [2.05, 4.69) is 51.0 Å². The van der Waals surface area contributed by atoms with Crippen LogP contribution in [0.1, 0.15) is 50.1 Å². The van der Waals surface area contributed by atoms with Crippen LogP contribution >= 0.6 is 0 Å². The van der Waals surface area contributed by atoms with Gasteiger partial charge in [-0.15, -0.1) is 10.2 Å². The first-order chi connectivity index (χ1) is 11.9. The van der Waals surface area contributed by atoms with Gasteiger partial charge in [-0.1, -0.05) is 20.8 Å². The van der Waals surface area contributed by atoms with Crippen LogP contribution in [0.2, 0.25) is 0 Å². The lowest BCUT2D eigenvalue weighted by Gasteiger charge is -2.32. The summed E-state index contributed by atoms with van der Waals surface area (Å²) in [7, 11) is 0. The minimum atomic E-state index is -0.0421. The van der Waals surface area contributed by atoms with Gasteiger partial charge in [-0.05, 0) is 18.4 Å². The van der Waals surface area contributed by atoms with Gasteiger partial charge < -0.3 is 14.8 Å². The topological polar surface area (TPSA) is 91.7 Å². The Morgan fingerprint density at radius 2 is 2.16 bits per heavy atom. The Labute approximate surface area is 147 Å². The molecule has 25 heavy (non-hydrogen) atoms. The molecule has 134 valence electrons. The predicted octanol–water partition coefficient (Wildman–Crippen LogP) is 1.38. The number of amides is 2. The van der Waals surface area contributed by atoms with Crippen LogP contribution < -0.4 is 5.32 Å². The van der Waals surface area contributed by atoms with Gasteiger partial charge in [0.2, 0.25) is 0 Å². The highest BCUT2D eigenvalue weighted by atomic mass is 16.2. The summed E-state index contributed by atoms with van der Waals surface area (Å²) in [5, 5.41) is 18.9. The van der Waals surface area contributed by atoms with Crippen molar-refractivity contribution in [3.05, 3.63) is 29.1 Å². The fourth-order valence-electron chi connectivity index (χ4n) is 3.68. The fraction of sp³-hybridized carbons (Fsp3) is 0.647. The van der Waals surface area contributed by atoms with E-state index in [0.717, 1.165) is 43.1 Å². The minimum absolute atomic E-state index is 0.0143. The van der Waals surface area contributed by atoms with Gasteiger partial charge in [0.1, 0.15) is 5.82 Å². The van der Waals surface area contributed by atoms with Crippen LogP contribution in [0, 0.1) is 0 Å². The van der Waals surface area contributed by atoms with Crippen LogP contribution in [0.15, 0.2) is 6.20 Å². The number of carbonyl (C=O) groups is 1. The molecule has 8 nitrogen and oxygen atoms in total. The van der Waals surface area contributed by atoms with E-state index in [1.807, 2.05) is 11.1 Å². The molecular formula is C17H25N7O. The number of aromatic nitrogens is 5. The zero-order chi connectivity index (χ0) is 17.6. The van der Waals surface area contributed by atoms with Crippen molar-refractivity contribution >= 4 is 6.03 Å². The van der Waals surface area contributed by atoms with Gasteiger partial charge in [-0.25, -0.2) is 4.79 Å². The van der Waals surface area contributed by atoms with Gasteiger partial charge in [-0.2, -0.15) is 5.10 Å². The minimum Gasteiger partial charge on any atom is -0.335 e. The molecule has 3 heterocycles. The number of urea groups is 1. The molecule has 2 aromatic rings. The molecule has 0 bridgehead atoms. The summed E-state index contributed by atoms with van der Waals surface area (Å²) < 4.78 is 2.15. The second-order valence-corrected chi connectivity index (χ2v) is 8.03. The summed E-state index contributed by atoms with van der Waals surface area (Å²) in [6.45, 7) is 8.35. The van der Waals surface area contributed by atoms with Gasteiger partial charge in [0.25, 0.3) is 0 Å². The van der Waals surface area contributed by atoms with E-state index in [1.54, 1.807) is 0 Å². The monoisotopic (exact) mass is 343 g/mol. The number of aryl methyl sites for hydroxylation is 1. The maximum Gasteiger partial charge on any atom is 0.318 e. The molecule has 0 aromatic carbocycles. The van der Waals surface area contributed by atoms with Gasteiger partial charge >= 0.3 is 6.03 Å². The Balaban J connectivity index is 1.40. The lowest BCUT2D eigenvalue weighted by Crippen LogP contribution is -2.49. The number of hydrogen-bond acceptors (Lipinski definition) is 4. The third-order valence-electron chi connectivity index (χ3n) is 5.06. The maximum absolute atomic E-state index is 12.7. The molecule has 1 aliphatic carbocycles. The number of H-pyrrole nitrogens is 1. The lowest BCUT2D eigenvalue weighted by molar-refractivity contribution is 0.176.